The van der Waals surface area contributed by atoms with Crippen LogP contribution in [0.3, 0.4) is 0 Å². The summed E-state index contributed by atoms with van der Waals surface area (Å²) in [5.41, 5.74) is 7.44. The van der Waals surface area contributed by atoms with E-state index in [0.717, 1.165) is 25.9 Å². The Morgan fingerprint density at radius 3 is 2.60 bits per heavy atom. The van der Waals surface area contributed by atoms with Gasteiger partial charge in [0.15, 0.2) is 0 Å². The maximum atomic E-state index is 12.4. The molecule has 0 bridgehead atoms. The van der Waals surface area contributed by atoms with Crippen LogP contribution < -0.4 is 5.73 Å². The van der Waals surface area contributed by atoms with E-state index in [1.807, 2.05) is 0 Å². The molecule has 0 spiro atoms. The number of carbonyl (C=O) groups excluding carboxylic acids is 1. The third-order valence-corrected chi connectivity index (χ3v) is 4.17. The average molecular weight is 334 g/mol. The molecule has 0 aromatic carbocycles. The van der Waals surface area contributed by atoms with Crippen LogP contribution in [0, 0.1) is 0 Å². The number of likely N-dealkylation sites (tertiary alicyclic amines) is 1. The monoisotopic (exact) mass is 333 g/mol. The molecule has 0 unspecified atom stereocenters. The topological polar surface area (TPSA) is 49.6 Å². The molecule has 0 atom stereocenters. The molecule has 2 N–H and O–H groups in total. The molecule has 0 saturated carbocycles. The molecule has 0 aromatic rings. The van der Waals surface area contributed by atoms with Gasteiger partial charge in [-0.1, -0.05) is 18.1 Å². The van der Waals surface area contributed by atoms with Crippen molar-refractivity contribution in [2.75, 3.05) is 13.1 Å². The number of halogens is 1. The fourth-order valence-corrected chi connectivity index (χ4v) is 2.72. The van der Waals surface area contributed by atoms with Gasteiger partial charge in [-0.05, 0) is 41.3 Å². The molecule has 1 saturated heterocycles. The second-order valence-electron chi connectivity index (χ2n) is 4.88. The van der Waals surface area contributed by atoms with Crippen molar-refractivity contribution < 1.29 is 4.79 Å². The highest BCUT2D eigenvalue weighted by Gasteiger charge is 2.23. The number of rotatable bonds is 2. The molecule has 0 aromatic heterocycles. The van der Waals surface area contributed by atoms with Gasteiger partial charge in [0.2, 0.25) is 0 Å². The summed E-state index contributed by atoms with van der Waals surface area (Å²) in [5, 5.41) is 0. The molecule has 2 radical (unpaired) electrons. The molecule has 2 heterocycles. The third kappa shape index (κ3) is 3.18. The van der Waals surface area contributed by atoms with Gasteiger partial charge in [-0.15, -0.1) is 0 Å². The highest BCUT2D eigenvalue weighted by atomic mass is 79.9. The molecule has 2 aliphatic heterocycles. The molecule has 2 aliphatic rings. The van der Waals surface area contributed by atoms with Crippen LogP contribution >= 0.6 is 15.9 Å². The first kappa shape index (κ1) is 15.0. The Labute approximate surface area is 129 Å². The van der Waals surface area contributed by atoms with Crippen molar-refractivity contribution in [3.05, 3.63) is 46.4 Å². The van der Waals surface area contributed by atoms with Gasteiger partial charge in [-0.25, -0.2) is 0 Å². The first-order valence-corrected chi connectivity index (χ1v) is 7.38. The van der Waals surface area contributed by atoms with Crippen molar-refractivity contribution in [2.45, 2.75) is 19.3 Å². The zero-order valence-corrected chi connectivity index (χ0v) is 12.9. The Bertz CT molecular complexity index is 519. The number of nitrogens with two attached hydrogens (primary N) is 1. The number of hydrogen-bond acceptors (Lipinski definition) is 3. The van der Waals surface area contributed by atoms with Gasteiger partial charge in [-0.2, -0.15) is 0 Å². The lowest BCUT2D eigenvalue weighted by Gasteiger charge is -2.29. The molecule has 4 nitrogen and oxygen atoms in total. The molecule has 6 heteroatoms. The minimum Gasteiger partial charge on any atom is -0.392 e. The first-order valence-electron chi connectivity index (χ1n) is 6.58. The average Bonchev–Trinajstić information content (AvgIpc) is 2.48. The number of allylic oxidation sites excluding steroid dienone is 3. The smallest absolute Gasteiger partial charge is 0.272 e. The van der Waals surface area contributed by atoms with Crippen LogP contribution in [0.2, 0.25) is 0 Å². The van der Waals surface area contributed by atoms with Gasteiger partial charge < -0.3 is 15.5 Å². The van der Waals surface area contributed by atoms with Crippen LogP contribution in [-0.2, 0) is 4.79 Å². The number of hydrogen-bond donors (Lipinski definition) is 1. The van der Waals surface area contributed by atoms with Crippen molar-refractivity contribution in [2.24, 2.45) is 5.73 Å². The lowest BCUT2D eigenvalue weighted by atomic mass is 9.94. The SMILES string of the molecule is [B]C1=CN(/C(Br)=C(\N)C(=O)N2CCCCC2)C(=C)C=C1. The Kier molecular flexibility index (Phi) is 4.75. The molecule has 0 aliphatic carbocycles. The van der Waals surface area contributed by atoms with Gasteiger partial charge in [0, 0.05) is 25.0 Å². The highest BCUT2D eigenvalue weighted by molar-refractivity contribution is 9.11. The lowest BCUT2D eigenvalue weighted by molar-refractivity contribution is -0.128. The van der Waals surface area contributed by atoms with E-state index in [9.17, 15) is 4.79 Å². The summed E-state index contributed by atoms with van der Waals surface area (Å²) in [6.07, 6.45) is 8.44. The summed E-state index contributed by atoms with van der Waals surface area (Å²) >= 11 is 3.38. The Hall–Kier alpha value is -1.43. The van der Waals surface area contributed by atoms with E-state index in [1.54, 1.807) is 28.2 Å². The van der Waals surface area contributed by atoms with Crippen LogP contribution in [0.5, 0.6) is 0 Å². The molecule has 104 valence electrons. The van der Waals surface area contributed by atoms with Crippen molar-refractivity contribution in [3.63, 3.8) is 0 Å². The minimum atomic E-state index is -0.147. The summed E-state index contributed by atoms with van der Waals surface area (Å²) in [6.45, 7) is 5.42. The number of amides is 1. The predicted octanol–water partition coefficient (Wildman–Crippen LogP) is 1.92. The maximum absolute atomic E-state index is 12.4. The minimum absolute atomic E-state index is 0.147. The lowest BCUT2D eigenvalue weighted by Crippen LogP contribution is -2.39. The van der Waals surface area contributed by atoms with E-state index in [-0.39, 0.29) is 11.6 Å². The standard InChI is InChI=1S/C14H17BBrN3O/c1-10-5-6-11(15)9-19(10)13(16)12(17)14(20)18-7-3-2-4-8-18/h5-6,9H,1-4,7-8,17H2/b13-12-. The molecule has 1 fully saturated rings. The molecular formula is C14H17BBrN3O. The molecule has 20 heavy (non-hydrogen) atoms. The number of carbonyl (C=O) groups is 1. The third-order valence-electron chi connectivity index (χ3n) is 3.36. The summed E-state index contributed by atoms with van der Waals surface area (Å²) < 4.78 is 0.477. The first-order chi connectivity index (χ1) is 9.50. The molecule has 1 amide bonds. The van der Waals surface area contributed by atoms with Crippen LogP contribution in [0.1, 0.15) is 19.3 Å². The van der Waals surface area contributed by atoms with Crippen molar-refractivity contribution in [3.8, 4) is 0 Å². The Morgan fingerprint density at radius 1 is 1.30 bits per heavy atom. The van der Waals surface area contributed by atoms with Crippen molar-refractivity contribution in [1.29, 1.82) is 0 Å². The van der Waals surface area contributed by atoms with Gasteiger partial charge >= 0.3 is 0 Å². The van der Waals surface area contributed by atoms with Crippen LogP contribution in [0.4, 0.5) is 0 Å². The fourth-order valence-electron chi connectivity index (χ4n) is 2.22. The zero-order chi connectivity index (χ0) is 14.7. The Balaban J connectivity index is 2.19. The van der Waals surface area contributed by atoms with E-state index >= 15 is 0 Å². The van der Waals surface area contributed by atoms with Gasteiger partial charge in [0.1, 0.15) is 18.1 Å². The van der Waals surface area contributed by atoms with Crippen molar-refractivity contribution in [1.82, 2.24) is 9.80 Å². The van der Waals surface area contributed by atoms with Gasteiger partial charge in [-0.3, -0.25) is 4.79 Å². The fraction of sp³-hybridized carbons (Fsp3) is 0.357. The predicted molar refractivity (Wildman–Crippen MR) is 84.5 cm³/mol. The normalized spacial score (nSPS) is 20.6. The molecular weight excluding hydrogens is 317 g/mol. The van der Waals surface area contributed by atoms with E-state index in [4.69, 9.17) is 13.6 Å². The van der Waals surface area contributed by atoms with E-state index in [1.165, 1.54) is 6.42 Å². The van der Waals surface area contributed by atoms with E-state index in [0.29, 0.717) is 15.8 Å². The van der Waals surface area contributed by atoms with E-state index < -0.39 is 0 Å². The van der Waals surface area contributed by atoms with Crippen molar-refractivity contribution >= 4 is 29.7 Å². The highest BCUT2D eigenvalue weighted by Crippen LogP contribution is 2.26. The summed E-state index contributed by atoms with van der Waals surface area (Å²) in [4.78, 5) is 15.8. The number of piperidine rings is 1. The molecule has 2 rings (SSSR count). The second-order valence-corrected chi connectivity index (χ2v) is 5.63. The van der Waals surface area contributed by atoms with Crippen LogP contribution in [-0.4, -0.2) is 36.6 Å². The number of nitrogens with zero attached hydrogens (tertiary/aromatic N) is 2. The van der Waals surface area contributed by atoms with E-state index in [2.05, 4.69) is 22.5 Å². The second kappa shape index (κ2) is 6.35. The largest absolute Gasteiger partial charge is 0.392 e. The zero-order valence-electron chi connectivity index (χ0n) is 11.3. The van der Waals surface area contributed by atoms with Crippen LogP contribution in [0.15, 0.2) is 46.4 Å². The summed E-state index contributed by atoms with van der Waals surface area (Å²) in [6, 6.07) is 0. The van der Waals surface area contributed by atoms with Crippen LogP contribution in [0.25, 0.3) is 0 Å². The quantitative estimate of drug-likeness (QED) is 0.477. The summed E-state index contributed by atoms with van der Waals surface area (Å²) in [7, 11) is 5.76. The van der Waals surface area contributed by atoms with Gasteiger partial charge in [0.05, 0.1) is 0 Å². The maximum Gasteiger partial charge on any atom is 0.272 e. The summed E-state index contributed by atoms with van der Waals surface area (Å²) in [5.74, 6) is -0.147. The Morgan fingerprint density at radius 2 is 1.95 bits per heavy atom. The van der Waals surface area contributed by atoms with Gasteiger partial charge in [0.25, 0.3) is 5.91 Å².